The van der Waals surface area contributed by atoms with Gasteiger partial charge in [0.1, 0.15) is 5.41 Å². The van der Waals surface area contributed by atoms with Crippen molar-refractivity contribution in [1.82, 2.24) is 0 Å². The molecule has 3 saturated carbocycles. The van der Waals surface area contributed by atoms with Crippen LogP contribution in [0.15, 0.2) is 0 Å². The third-order valence-electron chi connectivity index (χ3n) is 3.13. The molecule has 3 rings (SSSR count). The maximum Gasteiger partial charge on any atom is 0.315 e. The first kappa shape index (κ1) is 9.56. The Balaban J connectivity index is 2.15. The van der Waals surface area contributed by atoms with Gasteiger partial charge in [-0.25, -0.2) is 0 Å². The molecule has 5 heteroatoms. The third-order valence-corrected chi connectivity index (χ3v) is 4.60. The molecule has 0 saturated heterocycles. The number of nitrogens with two attached hydrogens (primary N) is 1. The standard InChI is InChI=1S/C8H11Cl2NO2/c1-2-13-5(12)6-3-7(11,4-6)8(6,9)10/h2-4,11H2,1H3. The smallest absolute Gasteiger partial charge is 0.315 e. The van der Waals surface area contributed by atoms with E-state index in [-0.39, 0.29) is 5.97 Å². The SMILES string of the molecule is CCOC(=O)C12CC(N)(C1)C2(Cl)Cl. The molecular formula is C8H11Cl2NO2. The van der Waals surface area contributed by atoms with Crippen molar-refractivity contribution in [2.24, 2.45) is 11.1 Å². The minimum atomic E-state index is -1.12. The Hall–Kier alpha value is 0.01000. The largest absolute Gasteiger partial charge is 0.465 e. The highest BCUT2D eigenvalue weighted by atomic mass is 35.5. The highest BCUT2D eigenvalue weighted by molar-refractivity contribution is 6.53. The van der Waals surface area contributed by atoms with Crippen LogP contribution in [0.1, 0.15) is 19.8 Å². The van der Waals surface area contributed by atoms with Crippen LogP contribution < -0.4 is 5.73 Å². The lowest BCUT2D eigenvalue weighted by molar-refractivity contribution is -0.202. The number of halogens is 2. The minimum absolute atomic E-state index is 0.313. The number of hydrogen-bond acceptors (Lipinski definition) is 3. The molecule has 0 aliphatic heterocycles. The van der Waals surface area contributed by atoms with Gasteiger partial charge in [-0.15, -0.1) is 0 Å². The van der Waals surface area contributed by atoms with E-state index in [0.717, 1.165) is 0 Å². The molecule has 3 nitrogen and oxygen atoms in total. The maximum absolute atomic E-state index is 11.5. The highest BCUT2D eigenvalue weighted by Crippen LogP contribution is 2.77. The van der Waals surface area contributed by atoms with E-state index in [2.05, 4.69) is 0 Å². The second kappa shape index (κ2) is 2.33. The van der Waals surface area contributed by atoms with Crippen molar-refractivity contribution in [2.75, 3.05) is 6.61 Å². The van der Waals surface area contributed by atoms with Crippen molar-refractivity contribution in [2.45, 2.75) is 29.6 Å². The summed E-state index contributed by atoms with van der Waals surface area (Å²) in [5, 5.41) is 0. The highest BCUT2D eigenvalue weighted by Gasteiger charge is 2.87. The van der Waals surface area contributed by atoms with E-state index < -0.39 is 15.3 Å². The van der Waals surface area contributed by atoms with E-state index >= 15 is 0 Å². The van der Waals surface area contributed by atoms with Crippen LogP contribution in [0.25, 0.3) is 0 Å². The molecule has 0 aromatic rings. The lowest BCUT2D eigenvalue weighted by Crippen LogP contribution is -2.89. The van der Waals surface area contributed by atoms with Gasteiger partial charge in [-0.2, -0.15) is 0 Å². The third kappa shape index (κ3) is 0.791. The number of alkyl halides is 2. The first-order valence-electron chi connectivity index (χ1n) is 4.23. The lowest BCUT2D eigenvalue weighted by atomic mass is 9.38. The molecule has 2 N–H and O–H groups in total. The molecule has 0 atom stereocenters. The van der Waals surface area contributed by atoms with Crippen LogP contribution in [0, 0.1) is 5.41 Å². The zero-order valence-corrected chi connectivity index (χ0v) is 8.78. The van der Waals surface area contributed by atoms with Gasteiger partial charge in [-0.3, -0.25) is 4.79 Å². The van der Waals surface area contributed by atoms with Gasteiger partial charge in [0.05, 0.1) is 12.1 Å². The molecule has 0 aromatic heterocycles. The minimum Gasteiger partial charge on any atom is -0.465 e. The van der Waals surface area contributed by atoms with E-state index in [1.54, 1.807) is 6.92 Å². The van der Waals surface area contributed by atoms with E-state index in [1.165, 1.54) is 0 Å². The van der Waals surface area contributed by atoms with Gasteiger partial charge in [0.25, 0.3) is 0 Å². The first-order chi connectivity index (χ1) is 5.90. The molecule has 0 unspecified atom stereocenters. The fourth-order valence-electron chi connectivity index (χ4n) is 2.27. The van der Waals surface area contributed by atoms with Gasteiger partial charge < -0.3 is 10.5 Å². The molecule has 0 radical (unpaired) electrons. The molecule has 0 spiro atoms. The number of hydrogen-bond donors (Lipinski definition) is 1. The van der Waals surface area contributed by atoms with Crippen LogP contribution in [0.2, 0.25) is 0 Å². The molecule has 13 heavy (non-hydrogen) atoms. The Labute approximate surface area is 86.5 Å². The van der Waals surface area contributed by atoms with Crippen LogP contribution >= 0.6 is 23.2 Å². The number of esters is 1. The fourth-order valence-corrected chi connectivity index (χ4v) is 2.96. The zero-order chi connectivity index (χ0) is 9.91. The van der Waals surface area contributed by atoms with Crippen molar-refractivity contribution in [1.29, 1.82) is 0 Å². The van der Waals surface area contributed by atoms with Crippen molar-refractivity contribution in [3.05, 3.63) is 0 Å². The molecule has 74 valence electrons. The molecule has 0 aromatic carbocycles. The van der Waals surface area contributed by atoms with Gasteiger partial charge in [0.15, 0.2) is 4.33 Å². The maximum atomic E-state index is 11.5. The molecule has 0 amide bonds. The van der Waals surface area contributed by atoms with Gasteiger partial charge in [0.2, 0.25) is 0 Å². The summed E-state index contributed by atoms with van der Waals surface area (Å²) in [6, 6.07) is 0. The van der Waals surface area contributed by atoms with Crippen molar-refractivity contribution < 1.29 is 9.53 Å². The van der Waals surface area contributed by atoms with Gasteiger partial charge in [-0.05, 0) is 19.8 Å². The molecule has 3 aliphatic rings. The molecule has 3 fully saturated rings. The van der Waals surface area contributed by atoms with Crippen LogP contribution in [0.4, 0.5) is 0 Å². The Bertz CT molecular complexity index is 271. The monoisotopic (exact) mass is 223 g/mol. The van der Waals surface area contributed by atoms with E-state index in [0.29, 0.717) is 19.4 Å². The fraction of sp³-hybridized carbons (Fsp3) is 0.875. The predicted molar refractivity (Wildman–Crippen MR) is 49.7 cm³/mol. The Morgan fingerprint density at radius 2 is 2.08 bits per heavy atom. The second-order valence-electron chi connectivity index (χ2n) is 3.89. The summed E-state index contributed by atoms with van der Waals surface area (Å²) in [5.41, 5.74) is 4.52. The average molecular weight is 224 g/mol. The summed E-state index contributed by atoms with van der Waals surface area (Å²) in [6.45, 7) is 2.10. The second-order valence-corrected chi connectivity index (χ2v) is 5.21. The van der Waals surface area contributed by atoms with Crippen LogP contribution in [-0.2, 0) is 9.53 Å². The number of rotatable bonds is 2. The van der Waals surface area contributed by atoms with Crippen molar-refractivity contribution in [3.63, 3.8) is 0 Å². The lowest BCUT2D eigenvalue weighted by Gasteiger charge is -2.74. The summed E-state index contributed by atoms with van der Waals surface area (Å²) < 4.78 is 3.79. The number of carbonyl (C=O) groups is 1. The van der Waals surface area contributed by atoms with E-state index in [4.69, 9.17) is 33.7 Å². The molecule has 3 aliphatic carbocycles. The summed E-state index contributed by atoms with van der Waals surface area (Å²) in [5.74, 6) is -0.313. The molecule has 0 heterocycles. The summed E-state index contributed by atoms with van der Waals surface area (Å²) in [6.07, 6.45) is 1.09. The van der Waals surface area contributed by atoms with Gasteiger partial charge >= 0.3 is 5.97 Å². The summed E-state index contributed by atoms with van der Waals surface area (Å²) >= 11 is 11.9. The molecule has 2 bridgehead atoms. The van der Waals surface area contributed by atoms with Crippen LogP contribution in [0.5, 0.6) is 0 Å². The average Bonchev–Trinajstić information content (AvgIpc) is 2.00. The van der Waals surface area contributed by atoms with Gasteiger partial charge in [0, 0.05) is 0 Å². The quantitative estimate of drug-likeness (QED) is 0.566. The van der Waals surface area contributed by atoms with Crippen LogP contribution in [-0.4, -0.2) is 22.4 Å². The molecular weight excluding hydrogens is 213 g/mol. The summed E-state index contributed by atoms with van der Waals surface area (Å²) in [4.78, 5) is 11.5. The topological polar surface area (TPSA) is 52.3 Å². The predicted octanol–water partition coefficient (Wildman–Crippen LogP) is 1.21. The van der Waals surface area contributed by atoms with Crippen molar-refractivity contribution >= 4 is 29.2 Å². The van der Waals surface area contributed by atoms with Crippen LogP contribution in [0.3, 0.4) is 0 Å². The van der Waals surface area contributed by atoms with E-state index in [1.807, 2.05) is 0 Å². The van der Waals surface area contributed by atoms with Crippen molar-refractivity contribution in [3.8, 4) is 0 Å². The summed E-state index contributed by atoms with van der Waals surface area (Å²) in [7, 11) is 0. The first-order valence-corrected chi connectivity index (χ1v) is 4.99. The van der Waals surface area contributed by atoms with Gasteiger partial charge in [-0.1, -0.05) is 23.2 Å². The normalized spacial score (nSPS) is 44.6. The Kier molecular flexibility index (Phi) is 1.71. The van der Waals surface area contributed by atoms with E-state index in [9.17, 15) is 4.79 Å². The zero-order valence-electron chi connectivity index (χ0n) is 7.27. The Morgan fingerprint density at radius 3 is 2.38 bits per heavy atom. The Morgan fingerprint density at radius 1 is 1.54 bits per heavy atom. The number of carbonyl (C=O) groups excluding carboxylic acids is 1. The number of ether oxygens (including phenoxy) is 1.